The lowest BCUT2D eigenvalue weighted by molar-refractivity contribution is -0.745. The number of aryl methyl sites for hydroxylation is 1. The number of hydrogen-bond donors (Lipinski definition) is 9. The Bertz CT molecular complexity index is 4250. The number of nitrogen functional groups attached to an aromatic ring is 1. The summed E-state index contributed by atoms with van der Waals surface area (Å²) in [5.41, 5.74) is 10.5. The molecule has 1 saturated heterocycles. The number of aliphatic hydroxyl groups excluding tert-OH is 1. The molecule has 486 valence electrons. The molecule has 5 aromatic rings. The first-order chi connectivity index (χ1) is 41.9. The number of nitrogens with two attached hydrogens (primary N) is 1. The SMILES string of the molecule is CCN1c2cc3c(cc2C(C)=CC1(C)C)C(c1c(Cl)c(Cl)c(Cl)c(Cl)c1C(=O)N(C)CCCC(=O)NCCNC(=O)O[C@H]1[C@@H](O)[C@H]([n+]2cn(C)c4c(=O)[nH]c(N)nc42)O[C@@H]1COP(=O)(O)OP(=O)(O)OP(=O)(O)O)=c1cc2c(cc1O3)=[N+](CC)C(C)(C)C=C2C. The van der Waals surface area contributed by atoms with Crippen molar-refractivity contribution >= 4 is 127 Å². The number of hydrogen-bond acceptors (Lipinski definition) is 17. The van der Waals surface area contributed by atoms with Crippen LogP contribution in [-0.4, -0.2) is 138 Å². The van der Waals surface area contributed by atoms with E-state index in [4.69, 9.17) is 80.7 Å². The van der Waals surface area contributed by atoms with Crippen molar-refractivity contribution in [3.63, 3.8) is 0 Å². The molecule has 10 N–H and O–H groups in total. The lowest BCUT2D eigenvalue weighted by atomic mass is 9.83. The van der Waals surface area contributed by atoms with E-state index in [1.54, 1.807) is 0 Å². The number of aliphatic hydroxyl groups is 1. The van der Waals surface area contributed by atoms with Crippen LogP contribution in [0.4, 0.5) is 16.4 Å². The van der Waals surface area contributed by atoms with Crippen molar-refractivity contribution in [1.29, 1.82) is 0 Å². The number of phosphoric ester groups is 1. The minimum Gasteiger partial charge on any atom is -0.456 e. The second-order valence-electron chi connectivity index (χ2n) is 22.8. The van der Waals surface area contributed by atoms with E-state index in [-0.39, 0.29) is 91.9 Å². The number of ether oxygens (including phenoxy) is 3. The van der Waals surface area contributed by atoms with Crippen molar-refractivity contribution in [2.75, 3.05) is 57.0 Å². The number of phosphoric acid groups is 3. The zero-order chi connectivity index (χ0) is 66.2. The third-order valence-corrected chi connectivity index (χ3v) is 21.3. The highest BCUT2D eigenvalue weighted by Gasteiger charge is 2.52. The minimum atomic E-state index is -5.95. The number of aromatic amines is 1. The van der Waals surface area contributed by atoms with Gasteiger partial charge in [-0.3, -0.25) is 28.5 Å². The van der Waals surface area contributed by atoms with Crippen LogP contribution in [0, 0.1) is 0 Å². The van der Waals surface area contributed by atoms with Gasteiger partial charge in [0.1, 0.15) is 24.1 Å². The van der Waals surface area contributed by atoms with Crippen LogP contribution in [0.5, 0.6) is 11.5 Å². The lowest BCUT2D eigenvalue weighted by Gasteiger charge is -2.43. The fourth-order valence-corrected chi connectivity index (χ4v) is 16.1. The zero-order valence-corrected chi connectivity index (χ0v) is 55.9. The van der Waals surface area contributed by atoms with Gasteiger partial charge in [-0.1, -0.05) is 57.5 Å². The number of halogens is 4. The number of imidazole rings is 1. The van der Waals surface area contributed by atoms with E-state index in [9.17, 15) is 43.0 Å². The summed E-state index contributed by atoms with van der Waals surface area (Å²) in [5.74, 6) is -0.396. The topological polar surface area (TPSA) is 373 Å². The van der Waals surface area contributed by atoms with E-state index in [2.05, 4.69) is 106 Å². The Morgan fingerprint density at radius 1 is 0.889 bits per heavy atom. The molecule has 4 aliphatic heterocycles. The summed E-state index contributed by atoms with van der Waals surface area (Å²) in [7, 11) is -14.5. The maximum Gasteiger partial charge on any atom is 0.490 e. The number of nitrogens with one attached hydrogen (secondary N) is 3. The first-order valence-corrected chi connectivity index (χ1v) is 34.0. The first-order valence-electron chi connectivity index (χ1n) is 28.0. The summed E-state index contributed by atoms with van der Waals surface area (Å²) in [5, 5.41) is 17.8. The van der Waals surface area contributed by atoms with Gasteiger partial charge in [0.15, 0.2) is 24.1 Å². The minimum absolute atomic E-state index is 0.0172. The first kappa shape index (κ1) is 68.6. The average Bonchev–Trinajstić information content (AvgIpc) is 0.906. The Labute approximate surface area is 534 Å². The second kappa shape index (κ2) is 25.6. The van der Waals surface area contributed by atoms with Gasteiger partial charge in [-0.2, -0.15) is 8.62 Å². The van der Waals surface area contributed by atoms with E-state index < -0.39 is 78.1 Å². The van der Waals surface area contributed by atoms with Gasteiger partial charge in [-0.05, 0) is 77.3 Å². The van der Waals surface area contributed by atoms with Gasteiger partial charge < -0.3 is 65.1 Å². The van der Waals surface area contributed by atoms with Gasteiger partial charge in [0.2, 0.25) is 23.0 Å². The Kier molecular flexibility index (Phi) is 19.5. The Balaban J connectivity index is 0.913. The van der Waals surface area contributed by atoms with Crippen molar-refractivity contribution < 1.29 is 84.7 Å². The Morgan fingerprint density at radius 2 is 1.56 bits per heavy atom. The predicted molar refractivity (Wildman–Crippen MR) is 334 cm³/mol. The molecule has 1 fully saturated rings. The molecule has 2 aromatic heterocycles. The maximum absolute atomic E-state index is 15.1. The number of nitrogens with zero attached hydrogens (tertiary/aromatic N) is 6. The number of carbonyl (C=O) groups excluding carboxylic acids is 3. The van der Waals surface area contributed by atoms with Gasteiger partial charge >= 0.3 is 35.2 Å². The number of allylic oxidation sites excluding steroid dienone is 2. The van der Waals surface area contributed by atoms with E-state index in [0.717, 1.165) is 37.9 Å². The van der Waals surface area contributed by atoms with Gasteiger partial charge in [0, 0.05) is 98.3 Å². The maximum atomic E-state index is 15.1. The molecule has 28 nitrogen and oxygen atoms in total. The van der Waals surface area contributed by atoms with Crippen molar-refractivity contribution in [2.45, 2.75) is 104 Å². The van der Waals surface area contributed by atoms with Crippen LogP contribution in [-0.2, 0) is 48.2 Å². The number of aromatic nitrogens is 4. The number of fused-ring (bicyclic) bond motifs is 5. The standard InChI is InChI=1S/C55H65Cl4N10O18P3/c1-11-68-32-20-34-30(18-28(32)26(3)22-54(68,5)6)38(31-19-29-27(4)23-55(7,8)69(12-2)33(29)21-35(31)83-34)39-40(42(57)44(59)43(58)41(39)56)50(73)65(9)17-13-14-37(70)61-15-16-62-53(74)85-47-36(24-82-89(78,79)87-90(80,81)86-88(75,76)77)84-51(46(47)71)67-25-66(10)45-48(67)63-52(60)64-49(45)72/h18-23,25,36,46-47,51,71H,11-17,24H2,1-10H3,(H7-2,60,61,62,63,64,70,72,74,75,76,77,78,79,80,81)/p+2/t36-,46-,47-,51-/m1/s1. The van der Waals surface area contributed by atoms with E-state index >= 15 is 4.79 Å². The summed E-state index contributed by atoms with van der Waals surface area (Å²) in [6.45, 7) is 16.7. The largest absolute Gasteiger partial charge is 0.490 e. The molecule has 0 saturated carbocycles. The predicted octanol–water partition coefficient (Wildman–Crippen LogP) is 6.19. The van der Waals surface area contributed by atoms with Crippen LogP contribution in [0.15, 0.2) is 47.5 Å². The van der Waals surface area contributed by atoms with E-state index in [0.29, 0.717) is 40.9 Å². The molecule has 0 aliphatic carbocycles. The molecule has 90 heavy (non-hydrogen) atoms. The number of alkyl carbamates (subject to hydrolysis) is 1. The Hall–Kier alpha value is -5.74. The monoisotopic (exact) mass is 1390 g/mol. The molecule has 2 unspecified atom stereocenters. The van der Waals surface area contributed by atoms with Crippen molar-refractivity contribution in [3.05, 3.63) is 112 Å². The molecular formula is C55H67Cl4N10O18P3+2. The third kappa shape index (κ3) is 13.7. The number of likely N-dealkylation sites (N-methyl/N-ethyl adjacent to an activating group) is 2. The van der Waals surface area contributed by atoms with Gasteiger partial charge in [0.25, 0.3) is 17.4 Å². The smallest absolute Gasteiger partial charge is 0.456 e. The van der Waals surface area contributed by atoms with Crippen LogP contribution in [0.2, 0.25) is 20.1 Å². The summed E-state index contributed by atoms with van der Waals surface area (Å²) in [4.78, 5) is 102. The Morgan fingerprint density at radius 3 is 2.22 bits per heavy atom. The lowest BCUT2D eigenvalue weighted by Crippen LogP contribution is -2.49. The van der Waals surface area contributed by atoms with E-state index in [1.165, 1.54) is 29.9 Å². The third-order valence-electron chi connectivity index (χ3n) is 15.7. The van der Waals surface area contributed by atoms with Crippen LogP contribution >= 0.6 is 69.9 Å². The second-order valence-corrected chi connectivity index (χ2v) is 28.8. The van der Waals surface area contributed by atoms with Crippen LogP contribution in [0.25, 0.3) is 27.9 Å². The molecule has 0 spiro atoms. The molecule has 3 aromatic carbocycles. The summed E-state index contributed by atoms with van der Waals surface area (Å²) in [6, 6.07) is 8.13. The molecule has 9 rings (SSSR count). The fraction of sp³-hybridized carbons (Fsp3) is 0.436. The zero-order valence-electron chi connectivity index (χ0n) is 50.2. The molecule has 35 heteroatoms. The van der Waals surface area contributed by atoms with Gasteiger partial charge in [0.05, 0.1) is 50.9 Å². The fourth-order valence-electron chi connectivity index (χ4n) is 12.1. The number of H-pyrrole nitrogens is 1. The van der Waals surface area contributed by atoms with Gasteiger partial charge in [-0.25, -0.2) is 27.6 Å². The molecule has 3 amide bonds. The highest BCUT2D eigenvalue weighted by atomic mass is 35.5. The molecule has 4 aliphatic rings. The highest BCUT2D eigenvalue weighted by Crippen LogP contribution is 2.66. The van der Waals surface area contributed by atoms with Crippen LogP contribution < -0.4 is 51.3 Å². The van der Waals surface area contributed by atoms with E-state index in [1.807, 2.05) is 24.3 Å². The summed E-state index contributed by atoms with van der Waals surface area (Å²) < 4.78 is 71.1. The highest BCUT2D eigenvalue weighted by molar-refractivity contribution is 7.66. The molecule has 0 radical (unpaired) electrons. The number of benzene rings is 3. The normalized spacial score (nSPS) is 20.4. The summed E-state index contributed by atoms with van der Waals surface area (Å²) >= 11 is 28.3. The number of amides is 3. The van der Waals surface area contributed by atoms with Crippen LogP contribution in [0.1, 0.15) is 107 Å². The van der Waals surface area contributed by atoms with Crippen molar-refractivity contribution in [2.24, 2.45) is 7.05 Å². The number of rotatable bonds is 20. The number of carbonyl (C=O) groups is 3. The van der Waals surface area contributed by atoms with Crippen molar-refractivity contribution in [3.8, 4) is 11.5 Å². The summed E-state index contributed by atoms with van der Waals surface area (Å²) in [6.07, 6.45) is -2.59. The van der Waals surface area contributed by atoms with Crippen molar-refractivity contribution in [1.82, 2.24) is 34.6 Å². The molecule has 0 bridgehead atoms. The molecular weight excluding hydrogens is 1320 g/mol. The van der Waals surface area contributed by atoms with Crippen LogP contribution in [0.3, 0.4) is 0 Å². The quantitative estimate of drug-likeness (QED) is 0.0135. The number of anilines is 2. The molecule has 6 atom stereocenters. The average molecular weight is 1390 g/mol. The van der Waals surface area contributed by atoms with Gasteiger partial charge in [-0.15, -0.1) is 0 Å². The molecule has 6 heterocycles.